The molecule has 0 saturated heterocycles. The summed E-state index contributed by atoms with van der Waals surface area (Å²) in [6, 6.07) is 22.6. The number of hydrogen-bond acceptors (Lipinski definition) is 7. The molecule has 0 spiro atoms. The zero-order valence-electron chi connectivity index (χ0n) is 21.0. The van der Waals surface area contributed by atoms with Gasteiger partial charge in [-0.1, -0.05) is 55.2 Å². The van der Waals surface area contributed by atoms with E-state index in [1.807, 2.05) is 67.1 Å². The van der Waals surface area contributed by atoms with E-state index in [-0.39, 0.29) is 5.91 Å². The predicted molar refractivity (Wildman–Crippen MR) is 151 cm³/mol. The first-order chi connectivity index (χ1) is 18.5. The van der Waals surface area contributed by atoms with Crippen LogP contribution in [0.3, 0.4) is 0 Å². The van der Waals surface area contributed by atoms with Crippen LogP contribution in [-0.4, -0.2) is 28.8 Å². The van der Waals surface area contributed by atoms with Gasteiger partial charge in [-0.25, -0.2) is 5.53 Å². The highest BCUT2D eigenvalue weighted by Crippen LogP contribution is 2.31. The molecule has 0 saturated carbocycles. The first-order valence-corrected chi connectivity index (χ1v) is 12.7. The fraction of sp³-hybridized carbons (Fsp3) is 0.148. The number of rotatable bonds is 6. The van der Waals surface area contributed by atoms with Crippen molar-refractivity contribution in [3.63, 3.8) is 0 Å². The quantitative estimate of drug-likeness (QED) is 0.262. The van der Waals surface area contributed by atoms with E-state index in [2.05, 4.69) is 26.9 Å². The predicted octanol–water partition coefficient (Wildman–Crippen LogP) is 5.22. The van der Waals surface area contributed by atoms with Crippen molar-refractivity contribution in [1.82, 2.24) is 31.6 Å². The highest BCUT2D eigenvalue weighted by Gasteiger charge is 2.15. The number of guanidine groups is 1. The average Bonchev–Trinajstić information content (AvgIpc) is 3.62. The van der Waals surface area contributed by atoms with E-state index in [0.717, 1.165) is 33.8 Å². The number of methoxy groups -OCH3 is 1. The van der Waals surface area contributed by atoms with Crippen molar-refractivity contribution in [1.29, 1.82) is 0 Å². The molecule has 196 valence electrons. The van der Waals surface area contributed by atoms with Gasteiger partial charge in [0, 0.05) is 16.7 Å². The highest BCUT2D eigenvalue weighted by atomic mass is 35.5. The van der Waals surface area contributed by atoms with Crippen molar-refractivity contribution in [3.05, 3.63) is 94.0 Å². The Kier molecular flexibility index (Phi) is 8.85. The van der Waals surface area contributed by atoms with E-state index in [1.54, 1.807) is 31.4 Å². The van der Waals surface area contributed by atoms with Crippen LogP contribution < -0.4 is 26.5 Å². The summed E-state index contributed by atoms with van der Waals surface area (Å²) in [5.74, 6) is 0.784. The lowest BCUT2D eigenvalue weighted by molar-refractivity contribution is 0.0976. The zero-order chi connectivity index (χ0) is 27.1. The second-order valence-corrected chi connectivity index (χ2v) is 8.72. The van der Waals surface area contributed by atoms with Crippen molar-refractivity contribution < 1.29 is 9.53 Å². The summed E-state index contributed by atoms with van der Waals surface area (Å²) >= 11 is 12.4. The van der Waals surface area contributed by atoms with Crippen molar-refractivity contribution >= 4 is 35.1 Å². The maximum atomic E-state index is 12.4. The third-order valence-electron chi connectivity index (χ3n) is 5.57. The Balaban J connectivity index is 0.00000164. The summed E-state index contributed by atoms with van der Waals surface area (Å²) in [5, 5.41) is 12.3. The zero-order valence-corrected chi connectivity index (χ0v) is 22.6. The van der Waals surface area contributed by atoms with Crippen LogP contribution in [0.5, 0.6) is 5.75 Å². The second kappa shape index (κ2) is 12.5. The fourth-order valence-corrected chi connectivity index (χ4v) is 4.00. The number of hydrogen-bond donors (Lipinski definition) is 4. The van der Waals surface area contributed by atoms with E-state index < -0.39 is 0 Å². The Labute approximate surface area is 230 Å². The molecule has 38 heavy (non-hydrogen) atoms. The van der Waals surface area contributed by atoms with Crippen LogP contribution in [0.15, 0.2) is 77.9 Å². The lowest BCUT2D eigenvalue weighted by Crippen LogP contribution is -2.43. The van der Waals surface area contributed by atoms with Crippen LogP contribution >= 0.6 is 23.2 Å². The van der Waals surface area contributed by atoms with Gasteiger partial charge in [0.05, 0.1) is 35.1 Å². The SMILES string of the molecule is CC.COc1ccc(-c2cc(-c3ccc(Cl)c(Cl)c3)nn2Cc2ccc(C(=O)NC3=NNNN3)cc2)cc1. The summed E-state index contributed by atoms with van der Waals surface area (Å²) in [7, 11) is 1.64. The van der Waals surface area contributed by atoms with Gasteiger partial charge in [-0.05, 0) is 60.2 Å². The van der Waals surface area contributed by atoms with E-state index in [4.69, 9.17) is 33.0 Å². The number of carbonyl (C=O) groups excluding carboxylic acids is 1. The third-order valence-corrected chi connectivity index (χ3v) is 6.31. The molecule has 2 heterocycles. The molecule has 0 radical (unpaired) electrons. The molecule has 9 nitrogen and oxygen atoms in total. The normalized spacial score (nSPS) is 12.0. The second-order valence-electron chi connectivity index (χ2n) is 7.90. The number of hydrazine groups is 2. The Hall–Kier alpha value is -4.05. The molecule has 4 N–H and O–H groups in total. The number of aromatic nitrogens is 2. The van der Waals surface area contributed by atoms with Gasteiger partial charge >= 0.3 is 0 Å². The molecular weight excluding hydrogens is 525 g/mol. The van der Waals surface area contributed by atoms with Crippen molar-refractivity contribution in [2.75, 3.05) is 7.11 Å². The molecule has 1 aliphatic rings. The number of nitrogens with zero attached hydrogens (tertiary/aromatic N) is 3. The van der Waals surface area contributed by atoms with Gasteiger partial charge in [0.25, 0.3) is 5.91 Å². The monoisotopic (exact) mass is 551 g/mol. The topological polar surface area (TPSA) is 105 Å². The van der Waals surface area contributed by atoms with Crippen LogP contribution in [0.2, 0.25) is 10.0 Å². The maximum Gasteiger partial charge on any atom is 0.258 e. The molecule has 0 bridgehead atoms. The maximum absolute atomic E-state index is 12.4. The minimum Gasteiger partial charge on any atom is -0.497 e. The molecule has 4 aromatic rings. The first-order valence-electron chi connectivity index (χ1n) is 11.9. The summed E-state index contributed by atoms with van der Waals surface area (Å²) in [5.41, 5.74) is 12.7. The van der Waals surface area contributed by atoms with Crippen molar-refractivity contribution in [3.8, 4) is 28.3 Å². The molecule has 0 unspecified atom stereocenters. The number of halogens is 2. The molecule has 0 aliphatic carbocycles. The van der Waals surface area contributed by atoms with Crippen molar-refractivity contribution in [2.24, 2.45) is 5.10 Å². The van der Waals surface area contributed by atoms with Gasteiger partial charge in [0.2, 0.25) is 5.96 Å². The molecule has 3 aromatic carbocycles. The van der Waals surface area contributed by atoms with Crippen LogP contribution in [0.4, 0.5) is 0 Å². The lowest BCUT2D eigenvalue weighted by Gasteiger charge is -2.10. The Bertz CT molecular complexity index is 1440. The number of amides is 1. The number of benzene rings is 3. The fourth-order valence-electron chi connectivity index (χ4n) is 3.70. The molecule has 5 rings (SSSR count). The van der Waals surface area contributed by atoms with Crippen LogP contribution in [-0.2, 0) is 6.54 Å². The van der Waals surface area contributed by atoms with Crippen LogP contribution in [0, 0.1) is 0 Å². The number of ether oxygens (including phenoxy) is 1. The smallest absolute Gasteiger partial charge is 0.258 e. The standard InChI is InChI=1S/C25H21Cl2N7O2.C2H6/c1-36-19-9-6-16(7-10-19)23-13-22(18-8-11-20(26)21(27)12-18)31-34(23)14-15-2-4-17(5-3-15)24(35)28-25-29-32-33-30-25;1-2/h2-13,32-33H,14H2,1H3,(H2,28,29,30,35);1-2H3. The summed E-state index contributed by atoms with van der Waals surface area (Å²) < 4.78 is 7.22. The molecule has 1 amide bonds. The Morgan fingerprint density at radius 3 is 2.29 bits per heavy atom. The third kappa shape index (κ3) is 6.25. The number of carbonyl (C=O) groups is 1. The van der Waals surface area contributed by atoms with Gasteiger partial charge in [-0.3, -0.25) is 20.2 Å². The summed E-state index contributed by atoms with van der Waals surface area (Å²) in [4.78, 5) is 12.4. The molecule has 1 aliphatic heterocycles. The number of hydrazone groups is 1. The van der Waals surface area contributed by atoms with Gasteiger partial charge in [-0.15, -0.1) is 10.6 Å². The van der Waals surface area contributed by atoms with E-state index in [1.165, 1.54) is 0 Å². The molecular formula is C27H27Cl2N7O2. The average molecular weight is 552 g/mol. The van der Waals surface area contributed by atoms with Gasteiger partial charge < -0.3 is 4.74 Å². The van der Waals surface area contributed by atoms with Crippen LogP contribution in [0.25, 0.3) is 22.5 Å². The van der Waals surface area contributed by atoms with E-state index in [0.29, 0.717) is 28.1 Å². The Morgan fingerprint density at radius 1 is 0.947 bits per heavy atom. The Morgan fingerprint density at radius 2 is 1.66 bits per heavy atom. The summed E-state index contributed by atoms with van der Waals surface area (Å²) in [6.07, 6.45) is 0. The van der Waals surface area contributed by atoms with E-state index in [9.17, 15) is 4.79 Å². The van der Waals surface area contributed by atoms with Gasteiger partial charge in [0.1, 0.15) is 5.75 Å². The van der Waals surface area contributed by atoms with Gasteiger partial charge in [0.15, 0.2) is 0 Å². The minimum atomic E-state index is -0.279. The molecule has 0 fully saturated rings. The minimum absolute atomic E-state index is 0.279. The largest absolute Gasteiger partial charge is 0.497 e. The lowest BCUT2D eigenvalue weighted by atomic mass is 10.1. The summed E-state index contributed by atoms with van der Waals surface area (Å²) in [6.45, 7) is 4.49. The van der Waals surface area contributed by atoms with Gasteiger partial charge in [-0.2, -0.15) is 5.10 Å². The highest BCUT2D eigenvalue weighted by molar-refractivity contribution is 6.42. The molecule has 1 aromatic heterocycles. The number of nitrogens with one attached hydrogen (secondary N) is 4. The van der Waals surface area contributed by atoms with Crippen molar-refractivity contribution in [2.45, 2.75) is 20.4 Å². The molecule has 0 atom stereocenters. The van der Waals surface area contributed by atoms with E-state index >= 15 is 0 Å². The first kappa shape index (κ1) is 27.0. The van der Waals surface area contributed by atoms with Crippen LogP contribution in [0.1, 0.15) is 29.8 Å². The molecule has 11 heteroatoms.